The Morgan fingerprint density at radius 2 is 1.10 bits per heavy atom. The minimum atomic E-state index is -0.135. The van der Waals surface area contributed by atoms with Crippen LogP contribution in [0.25, 0.3) is 68.0 Å². The van der Waals surface area contributed by atoms with Crippen LogP contribution >= 0.6 is 0 Å². The first-order valence-corrected chi connectivity index (χ1v) is 16.9. The van der Waals surface area contributed by atoms with Crippen LogP contribution in [-0.4, -0.2) is 19.5 Å². The molecule has 1 aliphatic carbocycles. The van der Waals surface area contributed by atoms with Gasteiger partial charge in [0.15, 0.2) is 17.5 Å². The maximum atomic E-state index is 6.81. The molecule has 236 valence electrons. The largest absolute Gasteiger partial charge is 0.484 e. The van der Waals surface area contributed by atoms with Gasteiger partial charge in [0, 0.05) is 44.8 Å². The van der Waals surface area contributed by atoms with E-state index in [2.05, 4.69) is 138 Å². The van der Waals surface area contributed by atoms with Gasteiger partial charge in [0.05, 0.1) is 11.2 Å². The van der Waals surface area contributed by atoms with Crippen molar-refractivity contribution in [3.63, 3.8) is 0 Å². The predicted octanol–water partition coefficient (Wildman–Crippen LogP) is 10.7. The molecule has 0 N–H and O–H groups in total. The number of nitrogens with zero attached hydrogens (tertiary/aromatic N) is 4. The first kappa shape index (κ1) is 28.4. The Morgan fingerprint density at radius 1 is 0.500 bits per heavy atom. The Bertz CT molecular complexity index is 2580. The molecule has 0 radical (unpaired) electrons. The maximum Gasteiger partial charge on any atom is 0.164 e. The number of para-hydroxylation sites is 2. The molecular weight excluding hydrogens is 613 g/mol. The van der Waals surface area contributed by atoms with Crippen molar-refractivity contribution in [3.8, 4) is 56.7 Å². The van der Waals surface area contributed by atoms with Crippen LogP contribution in [0, 0.1) is 0 Å². The van der Waals surface area contributed by atoms with E-state index in [1.807, 2.05) is 36.4 Å². The fourth-order valence-corrected chi connectivity index (χ4v) is 7.49. The van der Waals surface area contributed by atoms with Gasteiger partial charge in [0.25, 0.3) is 0 Å². The van der Waals surface area contributed by atoms with Gasteiger partial charge in [-0.15, -0.1) is 0 Å². The number of rotatable bonds is 5. The smallest absolute Gasteiger partial charge is 0.164 e. The summed E-state index contributed by atoms with van der Waals surface area (Å²) in [5, 5.41) is 1.21. The van der Waals surface area contributed by atoms with Gasteiger partial charge in [-0.3, -0.25) is 0 Å². The monoisotopic (exact) mass is 642 g/mol. The molecule has 0 saturated heterocycles. The topological polar surface area (TPSA) is 52.8 Å². The molecule has 6 aromatic carbocycles. The molecular formula is C45H30N4O. The Labute approximate surface area is 289 Å². The molecule has 0 bridgehead atoms. The highest BCUT2D eigenvalue weighted by Crippen LogP contribution is 2.53. The standard InChI is InChI=1S/C45H30N4O/c1-4-13-29(14-5-1)31-17-12-18-32(27-31)44-46-43(30-15-6-2-7-16-30)47-45(48-44)33-23-26-40-37(28-33)35-24-25-39-41(42(35)50-40)36-21-10-11-22-38(36)49(39)34-19-8-3-9-20-34/h1-28,35,42H. The second-order valence-corrected chi connectivity index (χ2v) is 12.8. The van der Waals surface area contributed by atoms with E-state index in [0.29, 0.717) is 17.5 Å². The highest BCUT2D eigenvalue weighted by atomic mass is 16.5. The lowest BCUT2D eigenvalue weighted by molar-refractivity contribution is 0.224. The van der Waals surface area contributed by atoms with Crippen molar-refractivity contribution in [2.45, 2.75) is 12.0 Å². The zero-order valence-corrected chi connectivity index (χ0v) is 27.0. The van der Waals surface area contributed by atoms with Gasteiger partial charge < -0.3 is 9.30 Å². The van der Waals surface area contributed by atoms with Gasteiger partial charge in [-0.1, -0.05) is 121 Å². The highest BCUT2D eigenvalue weighted by molar-refractivity contribution is 5.92. The van der Waals surface area contributed by atoms with Crippen LogP contribution < -0.4 is 4.74 Å². The van der Waals surface area contributed by atoms with Crippen molar-refractivity contribution < 1.29 is 4.74 Å². The Morgan fingerprint density at radius 3 is 1.86 bits per heavy atom. The molecule has 0 saturated carbocycles. The van der Waals surface area contributed by atoms with Gasteiger partial charge in [-0.2, -0.15) is 0 Å². The lowest BCUT2D eigenvalue weighted by Crippen LogP contribution is -2.13. The van der Waals surface area contributed by atoms with Crippen molar-refractivity contribution in [1.82, 2.24) is 19.5 Å². The van der Waals surface area contributed by atoms with Gasteiger partial charge in [0.1, 0.15) is 11.9 Å². The summed E-state index contributed by atoms with van der Waals surface area (Å²) in [4.78, 5) is 15.1. The second kappa shape index (κ2) is 11.5. The van der Waals surface area contributed by atoms with Gasteiger partial charge >= 0.3 is 0 Å². The van der Waals surface area contributed by atoms with Crippen LogP contribution in [0.15, 0.2) is 164 Å². The van der Waals surface area contributed by atoms with Crippen LogP contribution in [0.1, 0.15) is 28.8 Å². The fraction of sp³-hybridized carbons (Fsp3) is 0.0444. The van der Waals surface area contributed by atoms with E-state index in [9.17, 15) is 0 Å². The van der Waals surface area contributed by atoms with Crippen LogP contribution in [-0.2, 0) is 0 Å². The van der Waals surface area contributed by atoms with Crippen molar-refractivity contribution in [3.05, 3.63) is 181 Å². The first-order valence-electron chi connectivity index (χ1n) is 16.9. The van der Waals surface area contributed by atoms with Gasteiger partial charge in [-0.25, -0.2) is 15.0 Å². The molecule has 5 nitrogen and oxygen atoms in total. The lowest BCUT2D eigenvalue weighted by atomic mass is 9.85. The predicted molar refractivity (Wildman–Crippen MR) is 200 cm³/mol. The number of aromatic nitrogens is 4. The zero-order valence-electron chi connectivity index (χ0n) is 27.0. The number of hydrogen-bond acceptors (Lipinski definition) is 4. The molecule has 1 aliphatic heterocycles. The molecule has 10 rings (SSSR count). The van der Waals surface area contributed by atoms with Crippen LogP contribution in [0.3, 0.4) is 0 Å². The number of fused-ring (bicyclic) bond motifs is 7. The summed E-state index contributed by atoms with van der Waals surface area (Å²) < 4.78 is 9.16. The van der Waals surface area contributed by atoms with E-state index in [0.717, 1.165) is 44.8 Å². The van der Waals surface area contributed by atoms with E-state index in [1.54, 1.807) is 0 Å². The van der Waals surface area contributed by atoms with Crippen LogP contribution in [0.2, 0.25) is 0 Å². The SMILES string of the molecule is C1=CC2c3cc(-c4nc(-c5ccccc5)nc(-c5cccc(-c6ccccc6)c5)n4)ccc3OC2c2c1n(-c1ccccc1)c1ccccc21. The molecule has 2 aliphatic rings. The fourth-order valence-electron chi connectivity index (χ4n) is 7.49. The zero-order chi connectivity index (χ0) is 33.0. The highest BCUT2D eigenvalue weighted by Gasteiger charge is 2.40. The van der Waals surface area contributed by atoms with Crippen molar-refractivity contribution in [1.29, 1.82) is 0 Å². The summed E-state index contributed by atoms with van der Waals surface area (Å²) in [5.74, 6) is 2.86. The van der Waals surface area contributed by atoms with Crippen molar-refractivity contribution >= 4 is 17.0 Å². The lowest BCUT2D eigenvalue weighted by Gasteiger charge is -2.22. The molecule has 0 fully saturated rings. The minimum absolute atomic E-state index is 0.0601. The molecule has 5 heteroatoms. The van der Waals surface area contributed by atoms with Crippen LogP contribution in [0.4, 0.5) is 0 Å². The molecule has 0 amide bonds. The molecule has 2 aromatic heterocycles. The summed E-state index contributed by atoms with van der Waals surface area (Å²) >= 11 is 0. The van der Waals surface area contributed by atoms with E-state index in [-0.39, 0.29) is 12.0 Å². The third-order valence-corrected chi connectivity index (χ3v) is 9.81. The third-order valence-electron chi connectivity index (χ3n) is 9.81. The number of ether oxygens (including phenoxy) is 1. The Balaban J connectivity index is 1.08. The van der Waals surface area contributed by atoms with Crippen LogP contribution in [0.5, 0.6) is 5.75 Å². The normalized spacial score (nSPS) is 15.7. The Hall–Kier alpha value is -6.59. The molecule has 2 unspecified atom stereocenters. The summed E-state index contributed by atoms with van der Waals surface area (Å²) in [5.41, 5.74) is 10.9. The van der Waals surface area contributed by atoms with Gasteiger partial charge in [-0.05, 0) is 59.7 Å². The van der Waals surface area contributed by atoms with E-state index in [4.69, 9.17) is 19.7 Å². The maximum absolute atomic E-state index is 6.81. The molecule has 8 aromatic rings. The summed E-state index contributed by atoms with van der Waals surface area (Å²) in [6.07, 6.45) is 4.43. The van der Waals surface area contributed by atoms with Crippen molar-refractivity contribution in [2.75, 3.05) is 0 Å². The van der Waals surface area contributed by atoms with E-state index < -0.39 is 0 Å². The molecule has 0 spiro atoms. The van der Waals surface area contributed by atoms with E-state index >= 15 is 0 Å². The average molecular weight is 643 g/mol. The summed E-state index contributed by atoms with van der Waals surface area (Å²) in [6.45, 7) is 0. The molecule has 50 heavy (non-hydrogen) atoms. The first-order chi connectivity index (χ1) is 24.8. The number of benzene rings is 6. The van der Waals surface area contributed by atoms with E-state index in [1.165, 1.54) is 22.2 Å². The summed E-state index contributed by atoms with van der Waals surface area (Å²) in [6, 6.07) is 54.5. The Kier molecular flexibility index (Phi) is 6.56. The quantitative estimate of drug-likeness (QED) is 0.187. The third kappa shape index (κ3) is 4.66. The second-order valence-electron chi connectivity index (χ2n) is 12.8. The molecule has 2 atom stereocenters. The minimum Gasteiger partial charge on any atom is -0.484 e. The van der Waals surface area contributed by atoms with Crippen molar-refractivity contribution in [2.24, 2.45) is 0 Å². The average Bonchev–Trinajstić information content (AvgIpc) is 3.74. The molecule has 3 heterocycles. The number of hydrogen-bond donors (Lipinski definition) is 0. The van der Waals surface area contributed by atoms with Gasteiger partial charge in [0.2, 0.25) is 0 Å². The summed E-state index contributed by atoms with van der Waals surface area (Å²) in [7, 11) is 0.